The molecule has 3 N–H and O–H groups in total. The Morgan fingerprint density at radius 3 is 2.54 bits per heavy atom. The summed E-state index contributed by atoms with van der Waals surface area (Å²) in [7, 11) is 0. The number of piperidine rings is 1. The maximum atomic E-state index is 12.2. The van der Waals surface area contributed by atoms with Crippen LogP contribution in [0.3, 0.4) is 0 Å². The van der Waals surface area contributed by atoms with Crippen LogP contribution in [0.25, 0.3) is 0 Å². The number of nitrogens with two attached hydrogens (primary N) is 1. The first-order valence-corrected chi connectivity index (χ1v) is 8.72. The number of benzene rings is 1. The summed E-state index contributed by atoms with van der Waals surface area (Å²) in [5.74, 6) is -0.441. The Kier molecular flexibility index (Phi) is 5.04. The largest absolute Gasteiger partial charge is 0.366 e. The molecule has 1 aromatic rings. The van der Waals surface area contributed by atoms with Gasteiger partial charge in [-0.2, -0.15) is 0 Å². The van der Waals surface area contributed by atoms with E-state index in [9.17, 15) is 9.59 Å². The molecule has 24 heavy (non-hydrogen) atoms. The van der Waals surface area contributed by atoms with E-state index >= 15 is 0 Å². The molecule has 6 heteroatoms. The summed E-state index contributed by atoms with van der Waals surface area (Å²) in [6.07, 6.45) is 3.86. The summed E-state index contributed by atoms with van der Waals surface area (Å²) in [5.41, 5.74) is 6.65. The lowest BCUT2D eigenvalue weighted by atomic mass is 9.98. The maximum absolute atomic E-state index is 12.2. The number of nitrogens with zero attached hydrogens (tertiary/aromatic N) is 2. The quantitative estimate of drug-likeness (QED) is 0.879. The Bertz CT molecular complexity index is 596. The normalized spacial score (nSPS) is 22.0. The van der Waals surface area contributed by atoms with Crippen LogP contribution in [0.1, 0.15) is 42.1 Å². The van der Waals surface area contributed by atoms with Crippen LogP contribution < -0.4 is 11.1 Å². The van der Waals surface area contributed by atoms with Crippen molar-refractivity contribution < 1.29 is 9.59 Å². The molecule has 0 radical (unpaired) electrons. The highest BCUT2D eigenvalue weighted by molar-refractivity contribution is 5.92. The van der Waals surface area contributed by atoms with Crippen molar-refractivity contribution in [1.29, 1.82) is 0 Å². The zero-order valence-corrected chi connectivity index (χ0v) is 14.2. The molecule has 2 aliphatic rings. The van der Waals surface area contributed by atoms with E-state index in [4.69, 9.17) is 5.73 Å². The van der Waals surface area contributed by atoms with E-state index in [1.54, 1.807) is 12.1 Å². The van der Waals surface area contributed by atoms with Gasteiger partial charge in [-0.15, -0.1) is 0 Å². The third-order valence-corrected chi connectivity index (χ3v) is 5.16. The highest BCUT2D eigenvalue weighted by Gasteiger charge is 2.37. The number of nitrogens with one attached hydrogen (secondary N) is 1. The molecule has 0 spiro atoms. The van der Waals surface area contributed by atoms with Crippen LogP contribution in [-0.4, -0.2) is 53.5 Å². The number of urea groups is 1. The first kappa shape index (κ1) is 16.8. The van der Waals surface area contributed by atoms with Gasteiger partial charge in [0.25, 0.3) is 0 Å². The average molecular weight is 330 g/mol. The summed E-state index contributed by atoms with van der Waals surface area (Å²) in [6.45, 7) is 5.54. The summed E-state index contributed by atoms with van der Waals surface area (Å²) in [4.78, 5) is 27.7. The second-order valence-corrected chi connectivity index (χ2v) is 6.86. The maximum Gasteiger partial charge on any atom is 0.317 e. The van der Waals surface area contributed by atoms with Crippen molar-refractivity contribution in [2.75, 3.05) is 19.6 Å². The molecular weight excluding hydrogens is 304 g/mol. The van der Waals surface area contributed by atoms with Crippen LogP contribution in [0.15, 0.2) is 24.3 Å². The van der Waals surface area contributed by atoms with Crippen molar-refractivity contribution in [1.82, 2.24) is 15.1 Å². The Labute approximate surface area is 143 Å². The Morgan fingerprint density at radius 1 is 1.21 bits per heavy atom. The van der Waals surface area contributed by atoms with E-state index in [0.29, 0.717) is 24.2 Å². The topological polar surface area (TPSA) is 78.7 Å². The van der Waals surface area contributed by atoms with Crippen LogP contribution in [0.4, 0.5) is 4.79 Å². The number of carbonyl (C=O) groups is 2. The molecule has 3 amide bonds. The molecular formula is C18H26N4O2. The average Bonchev–Trinajstić information content (AvgIpc) is 2.53. The van der Waals surface area contributed by atoms with Gasteiger partial charge in [-0.25, -0.2) is 4.79 Å². The molecule has 2 aliphatic heterocycles. The van der Waals surface area contributed by atoms with Crippen LogP contribution >= 0.6 is 0 Å². The highest BCUT2D eigenvalue weighted by Crippen LogP contribution is 2.24. The zero-order valence-electron chi connectivity index (χ0n) is 14.2. The Morgan fingerprint density at radius 2 is 1.92 bits per heavy atom. The van der Waals surface area contributed by atoms with E-state index in [1.165, 1.54) is 19.3 Å². The molecule has 3 rings (SSSR count). The van der Waals surface area contributed by atoms with Gasteiger partial charge in [0, 0.05) is 37.3 Å². The van der Waals surface area contributed by atoms with E-state index in [2.05, 4.69) is 17.1 Å². The van der Waals surface area contributed by atoms with Crippen LogP contribution in [0.5, 0.6) is 0 Å². The summed E-state index contributed by atoms with van der Waals surface area (Å²) >= 11 is 0. The number of hydrogen-bond donors (Lipinski definition) is 2. The molecule has 130 valence electrons. The summed E-state index contributed by atoms with van der Waals surface area (Å²) in [5, 5.41) is 2.94. The van der Waals surface area contributed by atoms with Gasteiger partial charge in [-0.3, -0.25) is 9.69 Å². The molecule has 2 heterocycles. The van der Waals surface area contributed by atoms with Crippen molar-refractivity contribution in [2.24, 2.45) is 5.73 Å². The van der Waals surface area contributed by atoms with E-state index in [0.717, 1.165) is 25.2 Å². The molecule has 6 nitrogen and oxygen atoms in total. The number of carbonyl (C=O) groups excluding carboxylic acids is 2. The standard InChI is InChI=1S/C18H26N4O2/c1-13-4-2-3-9-22(13)16-11-21(12-16)18(24)20-10-14-5-7-15(8-6-14)17(19)23/h5-8,13,16H,2-4,9-12H2,1H3,(H2,19,23)(H,20,24)/t13-/m1/s1. The Balaban J connectivity index is 1.43. The van der Waals surface area contributed by atoms with Crippen LogP contribution in [-0.2, 0) is 6.54 Å². The third-order valence-electron chi connectivity index (χ3n) is 5.16. The number of amides is 3. The Hall–Kier alpha value is -2.08. The fourth-order valence-electron chi connectivity index (χ4n) is 3.57. The van der Waals surface area contributed by atoms with Gasteiger partial charge in [-0.05, 0) is 44.0 Å². The molecule has 1 aromatic carbocycles. The molecule has 0 saturated carbocycles. The van der Waals surface area contributed by atoms with Gasteiger partial charge in [0.15, 0.2) is 0 Å². The second kappa shape index (κ2) is 7.21. The number of rotatable bonds is 4. The van der Waals surface area contributed by atoms with Gasteiger partial charge in [-0.1, -0.05) is 18.6 Å². The van der Waals surface area contributed by atoms with Gasteiger partial charge in [0.05, 0.1) is 0 Å². The van der Waals surface area contributed by atoms with Crippen molar-refractivity contribution in [3.8, 4) is 0 Å². The zero-order chi connectivity index (χ0) is 17.1. The number of hydrogen-bond acceptors (Lipinski definition) is 3. The summed E-state index contributed by atoms with van der Waals surface area (Å²) in [6, 6.07) is 8.12. The number of likely N-dealkylation sites (tertiary alicyclic amines) is 2. The lowest BCUT2D eigenvalue weighted by Gasteiger charge is -2.49. The van der Waals surface area contributed by atoms with E-state index < -0.39 is 5.91 Å². The van der Waals surface area contributed by atoms with Crippen molar-refractivity contribution in [3.63, 3.8) is 0 Å². The van der Waals surface area contributed by atoms with Crippen LogP contribution in [0.2, 0.25) is 0 Å². The van der Waals surface area contributed by atoms with Gasteiger partial charge in [0.1, 0.15) is 0 Å². The minimum atomic E-state index is -0.441. The number of primary amides is 1. The molecule has 0 unspecified atom stereocenters. The molecule has 0 aromatic heterocycles. The SMILES string of the molecule is C[C@@H]1CCCCN1C1CN(C(=O)NCc2ccc(C(N)=O)cc2)C1. The monoisotopic (exact) mass is 330 g/mol. The minimum absolute atomic E-state index is 0.0186. The molecule has 1 atom stereocenters. The fourth-order valence-corrected chi connectivity index (χ4v) is 3.57. The molecule has 2 fully saturated rings. The first-order valence-electron chi connectivity index (χ1n) is 8.72. The lowest BCUT2D eigenvalue weighted by Crippen LogP contribution is -2.64. The smallest absolute Gasteiger partial charge is 0.317 e. The fraction of sp³-hybridized carbons (Fsp3) is 0.556. The minimum Gasteiger partial charge on any atom is -0.366 e. The van der Waals surface area contributed by atoms with Crippen molar-refractivity contribution in [2.45, 2.75) is 44.8 Å². The first-order chi connectivity index (χ1) is 11.5. The van der Waals surface area contributed by atoms with E-state index in [1.807, 2.05) is 17.0 Å². The highest BCUT2D eigenvalue weighted by atomic mass is 16.2. The van der Waals surface area contributed by atoms with Gasteiger partial charge in [0.2, 0.25) is 5.91 Å². The van der Waals surface area contributed by atoms with Gasteiger partial charge < -0.3 is 16.0 Å². The van der Waals surface area contributed by atoms with Crippen molar-refractivity contribution >= 4 is 11.9 Å². The predicted molar refractivity (Wildman–Crippen MR) is 92.6 cm³/mol. The molecule has 0 aliphatic carbocycles. The van der Waals surface area contributed by atoms with Crippen LogP contribution in [0, 0.1) is 0 Å². The lowest BCUT2D eigenvalue weighted by molar-refractivity contribution is 0.0169. The van der Waals surface area contributed by atoms with Crippen molar-refractivity contribution in [3.05, 3.63) is 35.4 Å². The van der Waals surface area contributed by atoms with E-state index in [-0.39, 0.29) is 6.03 Å². The summed E-state index contributed by atoms with van der Waals surface area (Å²) < 4.78 is 0. The third kappa shape index (κ3) is 3.70. The van der Waals surface area contributed by atoms with Gasteiger partial charge >= 0.3 is 6.03 Å². The molecule has 0 bridgehead atoms. The predicted octanol–water partition coefficient (Wildman–Crippen LogP) is 1.55. The second-order valence-electron chi connectivity index (χ2n) is 6.86. The molecule has 2 saturated heterocycles.